The summed E-state index contributed by atoms with van der Waals surface area (Å²) in [5.41, 5.74) is 3.01. The average molecular weight is 398 g/mol. The number of piperidine rings is 1. The van der Waals surface area contributed by atoms with Crippen LogP contribution in [0.25, 0.3) is 11.1 Å². The third-order valence-electron chi connectivity index (χ3n) is 4.61. The molecule has 0 amide bonds. The summed E-state index contributed by atoms with van der Waals surface area (Å²) in [6.45, 7) is 0.977. The molecule has 0 radical (unpaired) electrons. The zero-order valence-electron chi connectivity index (χ0n) is 14.5. The first-order valence-electron chi connectivity index (χ1n) is 8.66. The van der Waals surface area contributed by atoms with Crippen molar-refractivity contribution < 1.29 is 21.6 Å². The smallest absolute Gasteiger partial charge is 0.315 e. The van der Waals surface area contributed by atoms with Gasteiger partial charge in [0.15, 0.2) is 5.75 Å². The molecule has 8 heteroatoms. The summed E-state index contributed by atoms with van der Waals surface area (Å²) in [6.07, 6.45) is -4.12. The molecule has 0 saturated carbocycles. The van der Waals surface area contributed by atoms with Gasteiger partial charge in [-0.1, -0.05) is 54.6 Å². The zero-order chi connectivity index (χ0) is 19.5. The van der Waals surface area contributed by atoms with Gasteiger partial charge in [0, 0.05) is 18.5 Å². The lowest BCUT2D eigenvalue weighted by molar-refractivity contribution is -0.106. The van der Waals surface area contributed by atoms with Gasteiger partial charge in [0.05, 0.1) is 0 Å². The van der Waals surface area contributed by atoms with Gasteiger partial charge in [-0.05, 0) is 29.7 Å². The van der Waals surface area contributed by atoms with E-state index >= 15 is 0 Å². The second kappa shape index (κ2) is 8.00. The average Bonchev–Trinajstić information content (AvgIpc) is 2.61. The molecule has 1 aliphatic heterocycles. The van der Waals surface area contributed by atoms with E-state index in [4.69, 9.17) is 0 Å². The molecule has 0 aliphatic carbocycles. The summed E-state index contributed by atoms with van der Waals surface area (Å²) in [6, 6.07) is 16.9. The molecule has 1 fully saturated rings. The number of rotatable bonds is 5. The lowest BCUT2D eigenvalue weighted by Crippen LogP contribution is -2.51. The summed E-state index contributed by atoms with van der Waals surface area (Å²) in [5.74, 6) is -2.05. The van der Waals surface area contributed by atoms with Crippen LogP contribution in [0.5, 0.6) is 0 Å². The van der Waals surface area contributed by atoms with Crippen LogP contribution in [0, 0.1) is 0 Å². The molecule has 1 saturated heterocycles. The van der Waals surface area contributed by atoms with Crippen LogP contribution in [-0.2, 0) is 10.0 Å². The number of sulfonamides is 1. The van der Waals surface area contributed by atoms with Gasteiger partial charge in [-0.3, -0.25) is 0 Å². The van der Waals surface area contributed by atoms with E-state index in [9.17, 15) is 21.6 Å². The normalized spacial score (nSPS) is 21.1. The summed E-state index contributed by atoms with van der Waals surface area (Å²) < 4.78 is 63.5. The van der Waals surface area contributed by atoms with E-state index in [2.05, 4.69) is 10.0 Å². The first-order valence-corrected chi connectivity index (χ1v) is 10.3. The van der Waals surface area contributed by atoms with Crippen molar-refractivity contribution in [3.63, 3.8) is 0 Å². The van der Waals surface area contributed by atoms with Gasteiger partial charge in [-0.15, -0.1) is 0 Å². The Morgan fingerprint density at radius 1 is 1.00 bits per heavy atom. The van der Waals surface area contributed by atoms with E-state index in [0.29, 0.717) is 19.5 Å². The van der Waals surface area contributed by atoms with Crippen LogP contribution < -0.4 is 10.0 Å². The Balaban J connectivity index is 1.77. The number of hydrogen-bond donors (Lipinski definition) is 2. The minimum Gasteiger partial charge on any atom is -0.315 e. The predicted molar refractivity (Wildman–Crippen MR) is 98.9 cm³/mol. The van der Waals surface area contributed by atoms with Crippen LogP contribution in [0.1, 0.15) is 17.9 Å². The van der Waals surface area contributed by atoms with Gasteiger partial charge in [-0.2, -0.15) is 13.2 Å². The molecule has 2 aromatic carbocycles. The second-order valence-corrected chi connectivity index (χ2v) is 8.44. The SMILES string of the molecule is O=S(=O)(CC(F)(F)F)N[C@H]1CNCC[C@@H]1c1ccc(-c2ccccc2)cc1. The van der Waals surface area contributed by atoms with Crippen LogP contribution >= 0.6 is 0 Å². The third-order valence-corrected chi connectivity index (χ3v) is 5.98. The Hall–Kier alpha value is -1.90. The molecule has 1 heterocycles. The van der Waals surface area contributed by atoms with Gasteiger partial charge < -0.3 is 5.32 Å². The number of halogens is 3. The lowest BCUT2D eigenvalue weighted by atomic mass is 9.86. The number of alkyl halides is 3. The Labute approximate surface area is 156 Å². The highest BCUT2D eigenvalue weighted by Gasteiger charge is 2.38. The first kappa shape index (κ1) is 19.9. The molecule has 0 aromatic heterocycles. The number of nitrogens with one attached hydrogen (secondary N) is 2. The maximum Gasteiger partial charge on any atom is 0.404 e. The highest BCUT2D eigenvalue weighted by Crippen LogP contribution is 2.29. The standard InChI is InChI=1S/C19H21F3N2O2S/c20-19(21,22)13-27(25,26)24-18-12-23-11-10-17(18)16-8-6-15(7-9-16)14-4-2-1-3-5-14/h1-9,17-18,23-24H,10-13H2/t17-,18+/m1/s1. The Morgan fingerprint density at radius 2 is 1.63 bits per heavy atom. The topological polar surface area (TPSA) is 58.2 Å². The van der Waals surface area contributed by atoms with Crippen LogP contribution in [0.2, 0.25) is 0 Å². The van der Waals surface area contributed by atoms with Gasteiger partial charge in [0.25, 0.3) is 0 Å². The van der Waals surface area contributed by atoms with Gasteiger partial charge in [0.2, 0.25) is 10.0 Å². The van der Waals surface area contributed by atoms with Crippen molar-refractivity contribution in [3.05, 3.63) is 60.2 Å². The molecule has 0 spiro atoms. The molecule has 2 N–H and O–H groups in total. The minimum absolute atomic E-state index is 0.181. The van der Waals surface area contributed by atoms with Crippen molar-refractivity contribution in [3.8, 4) is 11.1 Å². The molecule has 0 bridgehead atoms. The molecule has 146 valence electrons. The van der Waals surface area contributed by atoms with Gasteiger partial charge >= 0.3 is 6.18 Å². The van der Waals surface area contributed by atoms with Crippen molar-refractivity contribution in [1.82, 2.24) is 10.0 Å². The molecule has 2 atom stereocenters. The van der Waals surface area contributed by atoms with Crippen LogP contribution in [-0.4, -0.2) is 39.5 Å². The molecule has 27 heavy (non-hydrogen) atoms. The van der Waals surface area contributed by atoms with E-state index < -0.39 is 28.0 Å². The molecular weight excluding hydrogens is 377 g/mol. The quantitative estimate of drug-likeness (QED) is 0.813. The van der Waals surface area contributed by atoms with E-state index in [-0.39, 0.29) is 5.92 Å². The Morgan fingerprint density at radius 3 is 2.26 bits per heavy atom. The number of hydrogen-bond acceptors (Lipinski definition) is 3. The fourth-order valence-corrected chi connectivity index (χ4v) is 4.65. The summed E-state index contributed by atoms with van der Waals surface area (Å²) in [5, 5.41) is 3.05. The monoisotopic (exact) mass is 398 g/mol. The maximum absolute atomic E-state index is 12.5. The van der Waals surface area contributed by atoms with Crippen molar-refractivity contribution >= 4 is 10.0 Å². The van der Waals surface area contributed by atoms with Crippen LogP contribution in [0.3, 0.4) is 0 Å². The number of benzene rings is 2. The Bertz CT molecular complexity index is 853. The fraction of sp³-hybridized carbons (Fsp3) is 0.368. The largest absolute Gasteiger partial charge is 0.404 e. The maximum atomic E-state index is 12.5. The summed E-state index contributed by atoms with van der Waals surface area (Å²) in [4.78, 5) is 0. The van der Waals surface area contributed by atoms with Crippen LogP contribution in [0.4, 0.5) is 13.2 Å². The molecule has 4 nitrogen and oxygen atoms in total. The van der Waals surface area contributed by atoms with Crippen LogP contribution in [0.15, 0.2) is 54.6 Å². The van der Waals surface area contributed by atoms with Gasteiger partial charge in [0.1, 0.15) is 0 Å². The summed E-state index contributed by atoms with van der Waals surface area (Å²) in [7, 11) is -4.45. The van der Waals surface area contributed by atoms with Gasteiger partial charge in [-0.25, -0.2) is 13.1 Å². The first-order chi connectivity index (χ1) is 12.7. The lowest BCUT2D eigenvalue weighted by Gasteiger charge is -2.33. The zero-order valence-corrected chi connectivity index (χ0v) is 15.4. The van der Waals surface area contributed by atoms with E-state index in [0.717, 1.165) is 16.7 Å². The van der Waals surface area contributed by atoms with Crippen molar-refractivity contribution in [2.24, 2.45) is 0 Å². The second-order valence-electron chi connectivity index (χ2n) is 6.69. The fourth-order valence-electron chi connectivity index (χ4n) is 3.42. The Kier molecular flexibility index (Phi) is 5.88. The molecule has 1 aliphatic rings. The molecule has 3 rings (SSSR count). The third kappa shape index (κ3) is 5.54. The summed E-state index contributed by atoms with van der Waals surface area (Å²) >= 11 is 0. The molecule has 0 unspecified atom stereocenters. The predicted octanol–water partition coefficient (Wildman–Crippen LogP) is 3.28. The molecule has 2 aromatic rings. The van der Waals surface area contributed by atoms with Crippen molar-refractivity contribution in [2.75, 3.05) is 18.8 Å². The molecular formula is C19H21F3N2O2S. The van der Waals surface area contributed by atoms with E-state index in [1.165, 1.54) is 0 Å². The van der Waals surface area contributed by atoms with E-state index in [1.807, 2.05) is 54.6 Å². The van der Waals surface area contributed by atoms with E-state index in [1.54, 1.807) is 0 Å². The van der Waals surface area contributed by atoms with Crippen molar-refractivity contribution in [2.45, 2.75) is 24.6 Å². The minimum atomic E-state index is -4.76. The van der Waals surface area contributed by atoms with Crippen molar-refractivity contribution in [1.29, 1.82) is 0 Å². The highest BCUT2D eigenvalue weighted by molar-refractivity contribution is 7.89. The highest BCUT2D eigenvalue weighted by atomic mass is 32.2.